The maximum absolute atomic E-state index is 6.58. The molecule has 31 heavy (non-hydrogen) atoms. The molecule has 0 saturated heterocycles. The van der Waals surface area contributed by atoms with Gasteiger partial charge in [0.25, 0.3) is 0 Å². The summed E-state index contributed by atoms with van der Waals surface area (Å²) in [6.07, 6.45) is 0. The van der Waals surface area contributed by atoms with E-state index >= 15 is 0 Å². The minimum atomic E-state index is 0.380. The number of ether oxygens (including phenoxy) is 2. The van der Waals surface area contributed by atoms with Gasteiger partial charge in [0.05, 0.1) is 11.6 Å². The average molecular weight is 452 g/mol. The van der Waals surface area contributed by atoms with Crippen LogP contribution in [0.5, 0.6) is 11.5 Å². The maximum atomic E-state index is 6.58. The Labute approximate surface area is 192 Å². The normalized spacial score (nSPS) is 10.8. The fourth-order valence-corrected chi connectivity index (χ4v) is 3.85. The van der Waals surface area contributed by atoms with Crippen molar-refractivity contribution in [2.24, 2.45) is 0 Å². The number of hydrogen-bond donors (Lipinski definition) is 1. The number of halogens is 2. The number of benzene rings is 4. The van der Waals surface area contributed by atoms with Crippen molar-refractivity contribution in [1.29, 1.82) is 0 Å². The molecule has 0 radical (unpaired) electrons. The minimum absolute atomic E-state index is 0.380. The molecule has 0 saturated carbocycles. The highest BCUT2D eigenvalue weighted by Crippen LogP contribution is 2.37. The molecule has 0 aromatic heterocycles. The molecule has 0 unspecified atom stereocenters. The van der Waals surface area contributed by atoms with Crippen LogP contribution in [0.1, 0.15) is 18.1 Å². The Morgan fingerprint density at radius 2 is 1.58 bits per heavy atom. The highest BCUT2D eigenvalue weighted by atomic mass is 35.5. The molecular formula is C26H23Cl2NO2. The van der Waals surface area contributed by atoms with Crippen LogP contribution in [0.25, 0.3) is 10.8 Å². The van der Waals surface area contributed by atoms with Crippen LogP contribution in [-0.2, 0) is 13.2 Å². The molecule has 1 N–H and O–H groups in total. The van der Waals surface area contributed by atoms with E-state index in [9.17, 15) is 0 Å². The number of rotatable bonds is 8. The minimum Gasteiger partial charge on any atom is -0.490 e. The van der Waals surface area contributed by atoms with Crippen LogP contribution in [0, 0.1) is 0 Å². The lowest BCUT2D eigenvalue weighted by atomic mass is 10.1. The van der Waals surface area contributed by atoms with E-state index in [1.165, 1.54) is 10.8 Å². The second-order valence-electron chi connectivity index (χ2n) is 7.13. The van der Waals surface area contributed by atoms with E-state index in [1.807, 2.05) is 55.5 Å². The number of nitrogens with one attached hydrogen (secondary N) is 1. The van der Waals surface area contributed by atoms with E-state index in [0.29, 0.717) is 41.3 Å². The molecule has 0 amide bonds. The number of hydrogen-bond acceptors (Lipinski definition) is 3. The summed E-state index contributed by atoms with van der Waals surface area (Å²) in [7, 11) is 0. The van der Waals surface area contributed by atoms with E-state index in [1.54, 1.807) is 0 Å². The van der Waals surface area contributed by atoms with Crippen molar-refractivity contribution in [2.75, 3.05) is 11.9 Å². The Bertz CT molecular complexity index is 1170. The van der Waals surface area contributed by atoms with Crippen molar-refractivity contribution in [2.45, 2.75) is 20.1 Å². The largest absolute Gasteiger partial charge is 0.490 e. The van der Waals surface area contributed by atoms with E-state index < -0.39 is 0 Å². The van der Waals surface area contributed by atoms with Crippen LogP contribution < -0.4 is 14.8 Å². The SMILES string of the molecule is CCOc1cc(CNc2cccc3ccccc23)cc(Cl)c1OCc1ccc(Cl)cc1. The first-order valence-electron chi connectivity index (χ1n) is 10.2. The second kappa shape index (κ2) is 9.95. The van der Waals surface area contributed by atoms with Gasteiger partial charge in [0.15, 0.2) is 11.5 Å². The second-order valence-corrected chi connectivity index (χ2v) is 7.98. The summed E-state index contributed by atoms with van der Waals surface area (Å²) in [5.74, 6) is 1.19. The molecule has 0 atom stereocenters. The molecule has 4 aromatic carbocycles. The topological polar surface area (TPSA) is 30.5 Å². The third-order valence-electron chi connectivity index (χ3n) is 4.94. The van der Waals surface area contributed by atoms with Crippen LogP contribution in [0.15, 0.2) is 78.9 Å². The molecule has 0 aliphatic carbocycles. The van der Waals surface area contributed by atoms with E-state index in [0.717, 1.165) is 16.8 Å². The lowest BCUT2D eigenvalue weighted by Gasteiger charge is -2.16. The molecular weight excluding hydrogens is 429 g/mol. The molecule has 4 rings (SSSR count). The van der Waals surface area contributed by atoms with Crippen molar-refractivity contribution >= 4 is 39.7 Å². The molecule has 0 heterocycles. The average Bonchev–Trinajstić information content (AvgIpc) is 2.78. The molecule has 158 valence electrons. The van der Waals surface area contributed by atoms with Crippen LogP contribution in [0.2, 0.25) is 10.0 Å². The van der Waals surface area contributed by atoms with E-state index in [-0.39, 0.29) is 0 Å². The Morgan fingerprint density at radius 1 is 0.806 bits per heavy atom. The van der Waals surface area contributed by atoms with Crippen molar-refractivity contribution < 1.29 is 9.47 Å². The molecule has 0 bridgehead atoms. The Hall–Kier alpha value is -2.88. The zero-order valence-electron chi connectivity index (χ0n) is 17.2. The van der Waals surface area contributed by atoms with Gasteiger partial charge in [-0.1, -0.05) is 71.7 Å². The zero-order chi connectivity index (χ0) is 21.6. The summed E-state index contributed by atoms with van der Waals surface area (Å²) in [5, 5.41) is 7.12. The fourth-order valence-electron chi connectivity index (χ4n) is 3.44. The van der Waals surface area contributed by atoms with Crippen LogP contribution >= 0.6 is 23.2 Å². The maximum Gasteiger partial charge on any atom is 0.180 e. The van der Waals surface area contributed by atoms with Gasteiger partial charge in [-0.05, 0) is 53.8 Å². The molecule has 0 fully saturated rings. The third-order valence-corrected chi connectivity index (χ3v) is 5.47. The zero-order valence-corrected chi connectivity index (χ0v) is 18.7. The van der Waals surface area contributed by atoms with Gasteiger partial charge in [-0.3, -0.25) is 0 Å². The lowest BCUT2D eigenvalue weighted by molar-refractivity contribution is 0.269. The van der Waals surface area contributed by atoms with Gasteiger partial charge >= 0.3 is 0 Å². The van der Waals surface area contributed by atoms with Gasteiger partial charge in [-0.2, -0.15) is 0 Å². The smallest absolute Gasteiger partial charge is 0.180 e. The molecule has 0 spiro atoms. The Morgan fingerprint density at radius 3 is 2.39 bits per heavy atom. The van der Waals surface area contributed by atoms with Crippen LogP contribution in [0.4, 0.5) is 5.69 Å². The first-order chi connectivity index (χ1) is 15.1. The summed E-state index contributed by atoms with van der Waals surface area (Å²) >= 11 is 12.5. The molecule has 4 aromatic rings. The Balaban J connectivity index is 1.52. The summed E-state index contributed by atoms with van der Waals surface area (Å²) in [6, 6.07) is 26.0. The van der Waals surface area contributed by atoms with E-state index in [2.05, 4.69) is 35.6 Å². The predicted molar refractivity (Wildman–Crippen MR) is 130 cm³/mol. The molecule has 0 aliphatic heterocycles. The number of anilines is 1. The van der Waals surface area contributed by atoms with Gasteiger partial charge in [0.2, 0.25) is 0 Å². The molecule has 5 heteroatoms. The van der Waals surface area contributed by atoms with Gasteiger partial charge < -0.3 is 14.8 Å². The summed E-state index contributed by atoms with van der Waals surface area (Å²) in [6.45, 7) is 3.46. The standard InChI is InChI=1S/C26H23Cl2NO2/c1-2-30-25-15-19(16-29-24-9-5-7-20-6-3-4-8-22(20)24)14-23(28)26(25)31-17-18-10-12-21(27)13-11-18/h3-15,29H,2,16-17H2,1H3. The lowest BCUT2D eigenvalue weighted by Crippen LogP contribution is -2.04. The third kappa shape index (κ3) is 5.25. The van der Waals surface area contributed by atoms with Crippen molar-refractivity contribution in [3.63, 3.8) is 0 Å². The monoisotopic (exact) mass is 451 g/mol. The Kier molecular flexibility index (Phi) is 6.86. The molecule has 3 nitrogen and oxygen atoms in total. The summed E-state index contributed by atoms with van der Waals surface area (Å²) in [5.41, 5.74) is 3.10. The highest BCUT2D eigenvalue weighted by molar-refractivity contribution is 6.32. The molecule has 0 aliphatic rings. The van der Waals surface area contributed by atoms with Crippen LogP contribution in [-0.4, -0.2) is 6.61 Å². The van der Waals surface area contributed by atoms with Gasteiger partial charge in [0, 0.05) is 22.6 Å². The van der Waals surface area contributed by atoms with Gasteiger partial charge in [-0.25, -0.2) is 0 Å². The van der Waals surface area contributed by atoms with Gasteiger partial charge in [-0.15, -0.1) is 0 Å². The fraction of sp³-hybridized carbons (Fsp3) is 0.154. The van der Waals surface area contributed by atoms with Crippen molar-refractivity contribution in [3.8, 4) is 11.5 Å². The first kappa shape index (κ1) is 21.4. The highest BCUT2D eigenvalue weighted by Gasteiger charge is 2.13. The van der Waals surface area contributed by atoms with Crippen molar-refractivity contribution in [1.82, 2.24) is 0 Å². The summed E-state index contributed by atoms with van der Waals surface area (Å²) in [4.78, 5) is 0. The quantitative estimate of drug-likeness (QED) is 0.297. The first-order valence-corrected chi connectivity index (χ1v) is 10.9. The van der Waals surface area contributed by atoms with E-state index in [4.69, 9.17) is 32.7 Å². The summed E-state index contributed by atoms with van der Waals surface area (Å²) < 4.78 is 11.8. The predicted octanol–water partition coefficient (Wildman–Crippen LogP) is 7.74. The van der Waals surface area contributed by atoms with Crippen molar-refractivity contribution in [3.05, 3.63) is 100 Å². The van der Waals surface area contributed by atoms with Crippen LogP contribution in [0.3, 0.4) is 0 Å². The van der Waals surface area contributed by atoms with Gasteiger partial charge in [0.1, 0.15) is 6.61 Å². The number of fused-ring (bicyclic) bond motifs is 1.